The number of aryl methyl sites for hydroxylation is 1. The summed E-state index contributed by atoms with van der Waals surface area (Å²) in [5.41, 5.74) is 2.19. The predicted molar refractivity (Wildman–Crippen MR) is 61.9 cm³/mol. The predicted octanol–water partition coefficient (Wildman–Crippen LogP) is 2.85. The summed E-state index contributed by atoms with van der Waals surface area (Å²) in [6.07, 6.45) is 1.30. The van der Waals surface area contributed by atoms with Crippen LogP contribution in [0.2, 0.25) is 0 Å². The van der Waals surface area contributed by atoms with Crippen LogP contribution in [0.5, 0.6) is 0 Å². The van der Waals surface area contributed by atoms with Gasteiger partial charge in [-0.05, 0) is 18.9 Å². The molecule has 0 heterocycles. The van der Waals surface area contributed by atoms with Crippen molar-refractivity contribution < 1.29 is 9.84 Å². The van der Waals surface area contributed by atoms with E-state index in [1.54, 1.807) is 0 Å². The van der Waals surface area contributed by atoms with Crippen molar-refractivity contribution in [3.05, 3.63) is 35.4 Å². The minimum atomic E-state index is -0.401. The van der Waals surface area contributed by atoms with Crippen LogP contribution in [-0.4, -0.2) is 18.3 Å². The van der Waals surface area contributed by atoms with E-state index in [2.05, 4.69) is 6.92 Å². The second kappa shape index (κ2) is 6.59. The lowest BCUT2D eigenvalue weighted by atomic mass is 10.1. The van der Waals surface area contributed by atoms with Crippen LogP contribution in [0.15, 0.2) is 24.3 Å². The molecule has 0 aliphatic rings. The fourth-order valence-corrected chi connectivity index (χ4v) is 1.40. The van der Waals surface area contributed by atoms with Gasteiger partial charge in [-0.2, -0.15) is 0 Å². The maximum absolute atomic E-state index is 9.83. The number of aliphatic hydroxyl groups is 1. The number of rotatable bonds is 6. The van der Waals surface area contributed by atoms with E-state index in [1.807, 2.05) is 31.2 Å². The number of hydrogen-bond donors (Lipinski definition) is 1. The van der Waals surface area contributed by atoms with Gasteiger partial charge in [-0.1, -0.05) is 36.8 Å². The standard InChI is InChI=1S/C13H20O2/c1-3-9-15-10-8-13(14)12-6-4-11(2)5-7-12/h4-7,13-14H,3,8-10H2,1-2H3. The lowest BCUT2D eigenvalue weighted by Crippen LogP contribution is -2.03. The molecule has 1 atom stereocenters. The van der Waals surface area contributed by atoms with E-state index in [9.17, 15) is 5.11 Å². The molecule has 0 bridgehead atoms. The Labute approximate surface area is 91.9 Å². The summed E-state index contributed by atoms with van der Waals surface area (Å²) in [7, 11) is 0. The highest BCUT2D eigenvalue weighted by Crippen LogP contribution is 2.16. The summed E-state index contributed by atoms with van der Waals surface area (Å²) >= 11 is 0. The topological polar surface area (TPSA) is 29.5 Å². The van der Waals surface area contributed by atoms with Gasteiger partial charge in [-0.25, -0.2) is 0 Å². The van der Waals surface area contributed by atoms with E-state index >= 15 is 0 Å². The Kier molecular flexibility index (Phi) is 5.37. The first-order valence-electron chi connectivity index (χ1n) is 5.56. The third-order valence-corrected chi connectivity index (χ3v) is 2.35. The van der Waals surface area contributed by atoms with E-state index < -0.39 is 6.10 Å². The van der Waals surface area contributed by atoms with Gasteiger partial charge in [-0.3, -0.25) is 0 Å². The normalized spacial score (nSPS) is 12.7. The molecule has 0 spiro atoms. The quantitative estimate of drug-likeness (QED) is 0.728. The molecule has 1 rings (SSSR count). The number of benzene rings is 1. The van der Waals surface area contributed by atoms with Gasteiger partial charge in [0.15, 0.2) is 0 Å². The summed E-state index contributed by atoms with van der Waals surface area (Å²) in [6.45, 7) is 5.53. The number of aliphatic hydroxyl groups excluding tert-OH is 1. The summed E-state index contributed by atoms with van der Waals surface area (Å²) in [4.78, 5) is 0. The van der Waals surface area contributed by atoms with Gasteiger partial charge in [0.2, 0.25) is 0 Å². The van der Waals surface area contributed by atoms with Gasteiger partial charge in [0.1, 0.15) is 0 Å². The zero-order valence-corrected chi connectivity index (χ0v) is 9.57. The second-order valence-electron chi connectivity index (χ2n) is 3.83. The van der Waals surface area contributed by atoms with Gasteiger partial charge in [0, 0.05) is 19.6 Å². The highest BCUT2D eigenvalue weighted by molar-refractivity contribution is 5.22. The van der Waals surface area contributed by atoms with Gasteiger partial charge in [0.05, 0.1) is 6.10 Å². The summed E-state index contributed by atoms with van der Waals surface area (Å²) in [6, 6.07) is 7.98. The SMILES string of the molecule is CCCOCCC(O)c1ccc(C)cc1. The van der Waals surface area contributed by atoms with Crippen LogP contribution >= 0.6 is 0 Å². The molecule has 0 aliphatic heterocycles. The van der Waals surface area contributed by atoms with E-state index in [1.165, 1.54) is 5.56 Å². The molecular weight excluding hydrogens is 188 g/mol. The summed E-state index contributed by atoms with van der Waals surface area (Å²) in [5, 5.41) is 9.83. The van der Waals surface area contributed by atoms with Crippen molar-refractivity contribution >= 4 is 0 Å². The lowest BCUT2D eigenvalue weighted by molar-refractivity contribution is 0.0822. The van der Waals surface area contributed by atoms with E-state index in [-0.39, 0.29) is 0 Å². The molecule has 84 valence electrons. The second-order valence-corrected chi connectivity index (χ2v) is 3.83. The third kappa shape index (κ3) is 4.45. The number of ether oxygens (including phenoxy) is 1. The number of hydrogen-bond acceptors (Lipinski definition) is 2. The molecule has 1 aromatic carbocycles. The van der Waals surface area contributed by atoms with E-state index in [0.29, 0.717) is 13.0 Å². The van der Waals surface area contributed by atoms with Crippen LogP contribution in [0, 0.1) is 6.92 Å². The Morgan fingerprint density at radius 1 is 1.20 bits per heavy atom. The van der Waals surface area contributed by atoms with Gasteiger partial charge in [0.25, 0.3) is 0 Å². The maximum Gasteiger partial charge on any atom is 0.0812 e. The molecule has 0 saturated heterocycles. The Morgan fingerprint density at radius 3 is 2.47 bits per heavy atom. The van der Waals surface area contributed by atoms with Crippen molar-refractivity contribution in [2.45, 2.75) is 32.8 Å². The van der Waals surface area contributed by atoms with Gasteiger partial charge < -0.3 is 9.84 Å². The molecule has 2 heteroatoms. The van der Waals surface area contributed by atoms with Crippen LogP contribution in [0.4, 0.5) is 0 Å². The first-order chi connectivity index (χ1) is 7.24. The largest absolute Gasteiger partial charge is 0.388 e. The summed E-state index contributed by atoms with van der Waals surface area (Å²) in [5.74, 6) is 0. The molecule has 1 unspecified atom stereocenters. The monoisotopic (exact) mass is 208 g/mol. The van der Waals surface area contributed by atoms with E-state index in [4.69, 9.17) is 4.74 Å². The Morgan fingerprint density at radius 2 is 1.87 bits per heavy atom. The molecule has 1 aromatic rings. The summed E-state index contributed by atoms with van der Waals surface area (Å²) < 4.78 is 5.34. The molecule has 0 aromatic heterocycles. The minimum Gasteiger partial charge on any atom is -0.388 e. The average Bonchev–Trinajstić information content (AvgIpc) is 2.25. The van der Waals surface area contributed by atoms with Crippen molar-refractivity contribution in [1.82, 2.24) is 0 Å². The van der Waals surface area contributed by atoms with Crippen LogP contribution in [-0.2, 0) is 4.74 Å². The Bertz CT molecular complexity index is 266. The fourth-order valence-electron chi connectivity index (χ4n) is 1.40. The Hall–Kier alpha value is -0.860. The van der Waals surface area contributed by atoms with Crippen molar-refractivity contribution in [2.24, 2.45) is 0 Å². The molecule has 0 aliphatic carbocycles. The molecule has 0 radical (unpaired) electrons. The van der Waals surface area contributed by atoms with Gasteiger partial charge in [-0.15, -0.1) is 0 Å². The van der Waals surface area contributed by atoms with Crippen molar-refractivity contribution in [3.8, 4) is 0 Å². The molecule has 0 amide bonds. The van der Waals surface area contributed by atoms with Crippen molar-refractivity contribution in [1.29, 1.82) is 0 Å². The first-order valence-corrected chi connectivity index (χ1v) is 5.56. The van der Waals surface area contributed by atoms with Crippen molar-refractivity contribution in [2.75, 3.05) is 13.2 Å². The lowest BCUT2D eigenvalue weighted by Gasteiger charge is -2.11. The smallest absolute Gasteiger partial charge is 0.0812 e. The van der Waals surface area contributed by atoms with E-state index in [0.717, 1.165) is 18.6 Å². The van der Waals surface area contributed by atoms with Crippen LogP contribution < -0.4 is 0 Å². The maximum atomic E-state index is 9.83. The van der Waals surface area contributed by atoms with Crippen molar-refractivity contribution in [3.63, 3.8) is 0 Å². The molecule has 0 saturated carbocycles. The molecular formula is C13H20O2. The highest BCUT2D eigenvalue weighted by Gasteiger charge is 2.06. The average molecular weight is 208 g/mol. The van der Waals surface area contributed by atoms with Crippen LogP contribution in [0.3, 0.4) is 0 Å². The Balaban J connectivity index is 2.33. The van der Waals surface area contributed by atoms with Crippen LogP contribution in [0.1, 0.15) is 37.0 Å². The molecule has 15 heavy (non-hydrogen) atoms. The van der Waals surface area contributed by atoms with Crippen LogP contribution in [0.25, 0.3) is 0 Å². The zero-order chi connectivity index (χ0) is 11.1. The first kappa shape index (κ1) is 12.2. The third-order valence-electron chi connectivity index (χ3n) is 2.35. The highest BCUT2D eigenvalue weighted by atomic mass is 16.5. The molecule has 1 N–H and O–H groups in total. The van der Waals surface area contributed by atoms with Gasteiger partial charge >= 0.3 is 0 Å². The zero-order valence-electron chi connectivity index (χ0n) is 9.57. The fraction of sp³-hybridized carbons (Fsp3) is 0.538. The molecule has 2 nitrogen and oxygen atoms in total. The molecule has 0 fully saturated rings. The minimum absolute atomic E-state index is 0.401.